The van der Waals surface area contributed by atoms with Crippen LogP contribution < -0.4 is 0 Å². The first-order valence-corrected chi connectivity index (χ1v) is 5.41. The van der Waals surface area contributed by atoms with Crippen LogP contribution in [0.4, 0.5) is 13.2 Å². The molecule has 90 valence electrons. The summed E-state index contributed by atoms with van der Waals surface area (Å²) in [6, 6.07) is 12.0. The molecular weight excluding hydrogens is 221 g/mol. The molecule has 0 aromatic heterocycles. The largest absolute Gasteiger partial charge is 0.386 e. The maximum Gasteiger partial charge on any atom is 0.386 e. The van der Waals surface area contributed by atoms with Crippen LogP contribution in [0.25, 0.3) is 0 Å². The first-order chi connectivity index (χ1) is 7.00. The van der Waals surface area contributed by atoms with Crippen molar-refractivity contribution < 1.29 is 13.2 Å². The number of thiol groups is 1. The summed E-state index contributed by atoms with van der Waals surface area (Å²) in [6.45, 7) is 4.19. The van der Waals surface area contributed by atoms with Crippen molar-refractivity contribution in [3.63, 3.8) is 0 Å². The molecule has 0 heterocycles. The predicted octanol–water partition coefficient (Wildman–Crippen LogP) is 4.83. The van der Waals surface area contributed by atoms with E-state index in [1.807, 2.05) is 50.2 Å². The second kappa shape index (κ2) is 15.8. The molecule has 0 aliphatic rings. The lowest BCUT2D eigenvalue weighted by Crippen LogP contribution is -1.95. The minimum Gasteiger partial charge on any atom is -0.183 e. The van der Waals surface area contributed by atoms with Crippen LogP contribution in [0.15, 0.2) is 36.4 Å². The van der Waals surface area contributed by atoms with Gasteiger partial charge in [-0.05, 0) is 6.26 Å². The van der Waals surface area contributed by atoms with Gasteiger partial charge in [-0.2, -0.15) is 25.8 Å². The molecule has 0 aliphatic carbocycles. The van der Waals surface area contributed by atoms with Gasteiger partial charge in [-0.1, -0.05) is 50.2 Å². The number of benzene rings is 1. The lowest BCUT2D eigenvalue weighted by Gasteiger charge is -1.88. The highest BCUT2D eigenvalue weighted by atomic mass is 32.1. The molecule has 0 spiro atoms. The molecule has 0 bridgehead atoms. The molecule has 1 rings (SSSR count). The second-order valence-electron chi connectivity index (χ2n) is 1.94. The van der Waals surface area contributed by atoms with Crippen molar-refractivity contribution in [2.75, 3.05) is 6.26 Å². The Balaban J connectivity index is -0.000000146. The third-order valence-electron chi connectivity index (χ3n) is 0.667. The van der Waals surface area contributed by atoms with E-state index >= 15 is 0 Å². The van der Waals surface area contributed by atoms with E-state index in [1.54, 1.807) is 6.26 Å². The van der Waals surface area contributed by atoms with Crippen LogP contribution in [-0.4, -0.2) is 12.4 Å². The molecule has 0 nitrogen and oxygen atoms in total. The molecule has 1 aromatic rings. The van der Waals surface area contributed by atoms with E-state index in [-0.39, 0.29) is 6.92 Å². The summed E-state index contributed by atoms with van der Waals surface area (Å²) in [5.41, 5.74) is 0. The average Bonchev–Trinajstić information content (AvgIpc) is 2.24. The van der Waals surface area contributed by atoms with Crippen LogP contribution in [-0.2, 0) is 0 Å². The van der Waals surface area contributed by atoms with Gasteiger partial charge in [0.1, 0.15) is 0 Å². The second-order valence-corrected chi connectivity index (χ2v) is 1.94. The zero-order valence-corrected chi connectivity index (χ0v) is 10.4. The summed E-state index contributed by atoms with van der Waals surface area (Å²) in [4.78, 5) is 0. The number of halogens is 3. The highest BCUT2D eigenvalue weighted by Crippen LogP contribution is 2.10. The first-order valence-electron chi connectivity index (χ1n) is 4.51. The third-order valence-corrected chi connectivity index (χ3v) is 0.667. The number of hydrogen-bond donors (Lipinski definition) is 1. The smallest absolute Gasteiger partial charge is 0.183 e. The SMILES string of the molecule is CC.CC(F)(F)F.CS.c1ccccc1. The van der Waals surface area contributed by atoms with Crippen LogP contribution in [0.3, 0.4) is 0 Å². The molecular formula is C11H19F3S. The average molecular weight is 240 g/mol. The van der Waals surface area contributed by atoms with Crippen molar-refractivity contribution in [2.45, 2.75) is 26.9 Å². The standard InChI is InChI=1S/C6H6.C2H3F3.C2H6.CH4S/c1-2-4-6-5-3-1;1-2(3,4)5;2*1-2/h1-6H;1H3;1-2H3;2H,1H3. The molecule has 0 saturated carbocycles. The highest BCUT2D eigenvalue weighted by Gasteiger charge is 2.15. The Morgan fingerprint density at radius 3 is 0.867 bits per heavy atom. The maximum absolute atomic E-state index is 10.4. The Morgan fingerprint density at radius 2 is 0.800 bits per heavy atom. The topological polar surface area (TPSA) is 0 Å². The lowest BCUT2D eigenvalue weighted by atomic mass is 10.4. The van der Waals surface area contributed by atoms with Gasteiger partial charge < -0.3 is 0 Å². The van der Waals surface area contributed by atoms with Crippen molar-refractivity contribution in [1.82, 2.24) is 0 Å². The molecule has 0 radical (unpaired) electrons. The van der Waals surface area contributed by atoms with Crippen LogP contribution in [0.5, 0.6) is 0 Å². The van der Waals surface area contributed by atoms with E-state index in [1.165, 1.54) is 0 Å². The fraction of sp³-hybridized carbons (Fsp3) is 0.455. The van der Waals surface area contributed by atoms with Gasteiger partial charge in [-0.25, -0.2) is 0 Å². The van der Waals surface area contributed by atoms with Crippen molar-refractivity contribution in [3.05, 3.63) is 36.4 Å². The minimum atomic E-state index is -4.00. The lowest BCUT2D eigenvalue weighted by molar-refractivity contribution is -0.110. The van der Waals surface area contributed by atoms with Crippen molar-refractivity contribution in [2.24, 2.45) is 0 Å². The number of rotatable bonds is 0. The summed E-state index contributed by atoms with van der Waals surface area (Å²) >= 11 is 3.53. The Labute approximate surface area is 95.9 Å². The molecule has 4 heteroatoms. The van der Waals surface area contributed by atoms with Crippen molar-refractivity contribution in [1.29, 1.82) is 0 Å². The van der Waals surface area contributed by atoms with Crippen LogP contribution >= 0.6 is 12.6 Å². The third kappa shape index (κ3) is 60.0. The van der Waals surface area contributed by atoms with Gasteiger partial charge in [0.15, 0.2) is 0 Å². The van der Waals surface area contributed by atoms with Gasteiger partial charge in [-0.15, -0.1) is 0 Å². The van der Waals surface area contributed by atoms with E-state index in [4.69, 9.17) is 0 Å². The maximum atomic E-state index is 10.4. The molecule has 15 heavy (non-hydrogen) atoms. The monoisotopic (exact) mass is 240 g/mol. The molecule has 0 amide bonds. The fourth-order valence-electron chi connectivity index (χ4n) is 0.385. The highest BCUT2D eigenvalue weighted by molar-refractivity contribution is 7.79. The Hall–Kier alpha value is -0.640. The van der Waals surface area contributed by atoms with Crippen LogP contribution in [0, 0.1) is 0 Å². The normalized spacial score (nSPS) is 8.00. The summed E-state index contributed by atoms with van der Waals surface area (Å²) in [6.07, 6.45) is -2.31. The Kier molecular flexibility index (Phi) is 20.9. The number of alkyl halides is 3. The predicted molar refractivity (Wildman–Crippen MR) is 64.4 cm³/mol. The first kappa shape index (κ1) is 19.9. The zero-order chi connectivity index (χ0) is 12.7. The molecule has 0 saturated heterocycles. The molecule has 1 aromatic carbocycles. The van der Waals surface area contributed by atoms with E-state index in [0.29, 0.717) is 0 Å². The Bertz CT molecular complexity index is 140. The zero-order valence-electron chi connectivity index (χ0n) is 9.55. The van der Waals surface area contributed by atoms with E-state index < -0.39 is 6.18 Å². The molecule has 0 unspecified atom stereocenters. The van der Waals surface area contributed by atoms with Crippen LogP contribution in [0.2, 0.25) is 0 Å². The van der Waals surface area contributed by atoms with Crippen molar-refractivity contribution >= 4 is 12.6 Å². The molecule has 0 N–H and O–H groups in total. The number of hydrogen-bond acceptors (Lipinski definition) is 1. The molecule has 0 atom stereocenters. The van der Waals surface area contributed by atoms with Gasteiger partial charge >= 0.3 is 6.18 Å². The van der Waals surface area contributed by atoms with Crippen LogP contribution in [0.1, 0.15) is 20.8 Å². The van der Waals surface area contributed by atoms with Gasteiger partial charge in [-0.3, -0.25) is 0 Å². The summed E-state index contributed by atoms with van der Waals surface area (Å²) in [5, 5.41) is 0. The van der Waals surface area contributed by atoms with Gasteiger partial charge in [0, 0.05) is 6.92 Å². The van der Waals surface area contributed by atoms with E-state index in [2.05, 4.69) is 12.6 Å². The quantitative estimate of drug-likeness (QED) is 0.617. The van der Waals surface area contributed by atoms with Gasteiger partial charge in [0.25, 0.3) is 0 Å². The molecule has 0 fully saturated rings. The Morgan fingerprint density at radius 1 is 0.733 bits per heavy atom. The minimum absolute atomic E-state index is 0.188. The fourth-order valence-corrected chi connectivity index (χ4v) is 0.385. The van der Waals surface area contributed by atoms with Crippen molar-refractivity contribution in [3.8, 4) is 0 Å². The summed E-state index contributed by atoms with van der Waals surface area (Å²) in [7, 11) is 0. The van der Waals surface area contributed by atoms with Gasteiger partial charge in [0.05, 0.1) is 0 Å². The summed E-state index contributed by atoms with van der Waals surface area (Å²) in [5.74, 6) is 0. The molecule has 0 aliphatic heterocycles. The van der Waals surface area contributed by atoms with E-state index in [9.17, 15) is 13.2 Å². The summed E-state index contributed by atoms with van der Waals surface area (Å²) < 4.78 is 31.1. The van der Waals surface area contributed by atoms with E-state index in [0.717, 1.165) is 0 Å². The van der Waals surface area contributed by atoms with Gasteiger partial charge in [0.2, 0.25) is 0 Å².